The maximum atomic E-state index is 12.4. The van der Waals surface area contributed by atoms with Crippen molar-refractivity contribution in [3.63, 3.8) is 0 Å². The minimum absolute atomic E-state index is 0.0196. The Kier molecular flexibility index (Phi) is 9.35. The number of amides is 3. The minimum atomic E-state index is -0.720. The van der Waals surface area contributed by atoms with Crippen LogP contribution >= 0.6 is 11.3 Å². The van der Waals surface area contributed by atoms with Gasteiger partial charge in [0.1, 0.15) is 17.4 Å². The number of nitrogens with two attached hydrogens (primary N) is 1. The number of primary amides is 1. The lowest BCUT2D eigenvalue weighted by atomic mass is 10.1. The molecule has 180 valence electrons. The quantitative estimate of drug-likeness (QED) is 0.418. The summed E-state index contributed by atoms with van der Waals surface area (Å²) in [5.74, 6) is 1.05. The minimum Gasteiger partial charge on any atom is -0.492 e. The largest absolute Gasteiger partial charge is 0.492 e. The number of nitrogens with zero attached hydrogens (tertiary/aromatic N) is 1. The van der Waals surface area contributed by atoms with Gasteiger partial charge in [0.05, 0.1) is 0 Å². The summed E-state index contributed by atoms with van der Waals surface area (Å²) in [5, 5.41) is 9.03. The Hall–Kier alpha value is -2.82. The van der Waals surface area contributed by atoms with Gasteiger partial charge in [0.15, 0.2) is 5.75 Å². The Balaban J connectivity index is 1.65. The summed E-state index contributed by atoms with van der Waals surface area (Å²) in [6.07, 6.45) is 1.33. The average Bonchev–Trinajstić information content (AvgIpc) is 3.19. The van der Waals surface area contributed by atoms with Gasteiger partial charge in [-0.25, -0.2) is 9.59 Å². The van der Waals surface area contributed by atoms with E-state index in [1.807, 2.05) is 24.3 Å². The van der Waals surface area contributed by atoms with Gasteiger partial charge in [-0.2, -0.15) is 0 Å². The van der Waals surface area contributed by atoms with E-state index in [0.717, 1.165) is 55.2 Å². The third-order valence-corrected chi connectivity index (χ3v) is 6.55. The highest BCUT2D eigenvalue weighted by Gasteiger charge is 2.20. The van der Waals surface area contributed by atoms with Crippen LogP contribution in [-0.2, 0) is 0 Å². The first-order valence-electron chi connectivity index (χ1n) is 11.3. The standard InChI is InChI=1S/C23H33N5O4S/c1-3-28(4-2)12-13-31-18-9-7-16(8-10-18)20-14-19(21(33-20)27-22(24)29)32-23(30)26-17-6-5-11-25-15-17/h7-10,14,17,25H,3-6,11-13,15H2,1-2H3,(H,26,30)(H3,24,27,29). The van der Waals surface area contributed by atoms with Crippen molar-refractivity contribution >= 4 is 28.5 Å². The smallest absolute Gasteiger partial charge is 0.412 e. The third kappa shape index (κ3) is 7.62. The molecule has 2 aromatic rings. The van der Waals surface area contributed by atoms with Gasteiger partial charge in [-0.3, -0.25) is 5.32 Å². The van der Waals surface area contributed by atoms with Crippen LogP contribution in [0.5, 0.6) is 11.5 Å². The Morgan fingerprint density at radius 3 is 2.64 bits per heavy atom. The molecule has 0 spiro atoms. The molecular formula is C23H33N5O4S. The number of piperidine rings is 1. The lowest BCUT2D eigenvalue weighted by molar-refractivity contribution is 0.193. The lowest BCUT2D eigenvalue weighted by Gasteiger charge is -2.23. The van der Waals surface area contributed by atoms with Crippen molar-refractivity contribution in [3.8, 4) is 21.9 Å². The first kappa shape index (κ1) is 24.8. The molecule has 0 aliphatic carbocycles. The van der Waals surface area contributed by atoms with Crippen LogP contribution in [0.15, 0.2) is 30.3 Å². The zero-order valence-electron chi connectivity index (χ0n) is 19.2. The Bertz CT molecular complexity index is 908. The van der Waals surface area contributed by atoms with Crippen LogP contribution in [0.3, 0.4) is 0 Å². The van der Waals surface area contributed by atoms with Crippen molar-refractivity contribution in [1.82, 2.24) is 15.5 Å². The molecule has 10 heteroatoms. The molecule has 1 atom stereocenters. The summed E-state index contributed by atoms with van der Waals surface area (Å²) >= 11 is 1.29. The molecule has 9 nitrogen and oxygen atoms in total. The number of rotatable bonds is 10. The summed E-state index contributed by atoms with van der Waals surface area (Å²) in [5.41, 5.74) is 6.21. The number of likely N-dealkylation sites (N-methyl/N-ethyl adjacent to an activating group) is 1. The summed E-state index contributed by atoms with van der Waals surface area (Å²) in [4.78, 5) is 27.0. The number of hydrogen-bond donors (Lipinski definition) is 4. The first-order valence-corrected chi connectivity index (χ1v) is 12.1. The number of anilines is 1. The molecule has 1 aliphatic rings. The highest BCUT2D eigenvalue weighted by Crippen LogP contribution is 2.41. The number of ether oxygens (including phenoxy) is 2. The second kappa shape index (κ2) is 12.4. The van der Waals surface area contributed by atoms with E-state index in [9.17, 15) is 9.59 Å². The van der Waals surface area contributed by atoms with Gasteiger partial charge in [-0.05, 0) is 62.3 Å². The van der Waals surface area contributed by atoms with Gasteiger partial charge in [-0.15, -0.1) is 11.3 Å². The number of benzene rings is 1. The molecule has 1 fully saturated rings. The molecule has 2 heterocycles. The van der Waals surface area contributed by atoms with Gasteiger partial charge >= 0.3 is 12.1 Å². The van der Waals surface area contributed by atoms with E-state index in [4.69, 9.17) is 15.2 Å². The first-order chi connectivity index (χ1) is 16.0. The summed E-state index contributed by atoms with van der Waals surface area (Å²) in [6.45, 7) is 9.42. The van der Waals surface area contributed by atoms with Gasteiger partial charge in [0.25, 0.3) is 0 Å². The highest BCUT2D eigenvalue weighted by atomic mass is 32.1. The van der Waals surface area contributed by atoms with Crippen molar-refractivity contribution < 1.29 is 19.1 Å². The molecular weight excluding hydrogens is 442 g/mol. The van der Waals surface area contributed by atoms with E-state index in [1.165, 1.54) is 11.3 Å². The molecule has 1 aromatic carbocycles. The van der Waals surface area contributed by atoms with E-state index >= 15 is 0 Å². The summed E-state index contributed by atoms with van der Waals surface area (Å²) in [7, 11) is 0. The molecule has 1 saturated heterocycles. The fourth-order valence-corrected chi connectivity index (χ4v) is 4.60. The predicted molar refractivity (Wildman–Crippen MR) is 131 cm³/mol. The summed E-state index contributed by atoms with van der Waals surface area (Å²) < 4.78 is 11.3. The lowest BCUT2D eigenvalue weighted by Crippen LogP contribution is -2.46. The number of nitrogens with one attached hydrogen (secondary N) is 3. The van der Waals surface area contributed by atoms with Crippen LogP contribution < -0.4 is 31.2 Å². The second-order valence-electron chi connectivity index (χ2n) is 7.77. The van der Waals surface area contributed by atoms with Crippen LogP contribution in [0, 0.1) is 0 Å². The molecule has 1 aromatic heterocycles. The fourth-order valence-electron chi connectivity index (χ4n) is 3.61. The Morgan fingerprint density at radius 2 is 2.00 bits per heavy atom. The van der Waals surface area contributed by atoms with Crippen molar-refractivity contribution in [1.29, 1.82) is 0 Å². The van der Waals surface area contributed by atoms with E-state index in [2.05, 4.69) is 34.7 Å². The zero-order chi connectivity index (χ0) is 23.6. The summed E-state index contributed by atoms with van der Waals surface area (Å²) in [6, 6.07) is 8.70. The fraction of sp³-hybridized carbons (Fsp3) is 0.478. The van der Waals surface area contributed by atoms with E-state index < -0.39 is 12.1 Å². The van der Waals surface area contributed by atoms with Gasteiger partial charge in [-0.1, -0.05) is 13.8 Å². The molecule has 5 N–H and O–H groups in total. The van der Waals surface area contributed by atoms with Crippen molar-refractivity contribution in [2.24, 2.45) is 5.73 Å². The van der Waals surface area contributed by atoms with E-state index in [0.29, 0.717) is 18.2 Å². The molecule has 3 rings (SSSR count). The normalized spacial score (nSPS) is 15.8. The third-order valence-electron chi connectivity index (χ3n) is 5.47. The van der Waals surface area contributed by atoms with E-state index in [1.54, 1.807) is 6.07 Å². The van der Waals surface area contributed by atoms with Crippen LogP contribution in [0.2, 0.25) is 0 Å². The van der Waals surface area contributed by atoms with Crippen molar-refractivity contribution in [2.45, 2.75) is 32.7 Å². The van der Waals surface area contributed by atoms with Gasteiger partial charge in [0, 0.05) is 30.1 Å². The molecule has 0 radical (unpaired) electrons. The van der Waals surface area contributed by atoms with Crippen LogP contribution in [-0.4, -0.2) is 62.4 Å². The Morgan fingerprint density at radius 1 is 1.24 bits per heavy atom. The van der Waals surface area contributed by atoms with Crippen LogP contribution in [0.4, 0.5) is 14.6 Å². The van der Waals surface area contributed by atoms with Crippen LogP contribution in [0.1, 0.15) is 26.7 Å². The Labute approximate surface area is 198 Å². The van der Waals surface area contributed by atoms with Gasteiger partial charge < -0.3 is 30.7 Å². The molecule has 0 bridgehead atoms. The monoisotopic (exact) mass is 475 g/mol. The topological polar surface area (TPSA) is 118 Å². The molecule has 33 heavy (non-hydrogen) atoms. The maximum Gasteiger partial charge on any atom is 0.412 e. The van der Waals surface area contributed by atoms with Crippen molar-refractivity contribution in [2.75, 3.05) is 44.6 Å². The molecule has 1 aliphatic heterocycles. The molecule has 1 unspecified atom stereocenters. The number of hydrogen-bond acceptors (Lipinski definition) is 7. The van der Waals surface area contributed by atoms with Gasteiger partial charge in [0.2, 0.25) is 0 Å². The maximum absolute atomic E-state index is 12.4. The molecule has 0 saturated carbocycles. The highest BCUT2D eigenvalue weighted by molar-refractivity contribution is 7.20. The van der Waals surface area contributed by atoms with E-state index in [-0.39, 0.29) is 11.8 Å². The predicted octanol–water partition coefficient (Wildman–Crippen LogP) is 3.47. The second-order valence-corrected chi connectivity index (χ2v) is 8.82. The average molecular weight is 476 g/mol. The number of thiophene rings is 1. The molecule has 3 amide bonds. The van der Waals surface area contributed by atoms with Crippen LogP contribution in [0.25, 0.3) is 10.4 Å². The number of carbonyl (C=O) groups excluding carboxylic acids is 2. The zero-order valence-corrected chi connectivity index (χ0v) is 20.0. The number of carbonyl (C=O) groups is 2. The van der Waals surface area contributed by atoms with Crippen molar-refractivity contribution in [3.05, 3.63) is 30.3 Å². The SMILES string of the molecule is CCN(CC)CCOc1ccc(-c2cc(OC(=O)NC3CCCNC3)c(NC(N)=O)s2)cc1. The number of urea groups is 1.